The van der Waals surface area contributed by atoms with Gasteiger partial charge in [0.15, 0.2) is 5.96 Å². The van der Waals surface area contributed by atoms with Crippen LogP contribution in [0.1, 0.15) is 33.6 Å². The van der Waals surface area contributed by atoms with Crippen molar-refractivity contribution in [2.45, 2.75) is 39.7 Å². The van der Waals surface area contributed by atoms with Crippen molar-refractivity contribution in [2.24, 2.45) is 10.7 Å². The van der Waals surface area contributed by atoms with Crippen LogP contribution in [0.4, 0.5) is 0 Å². The molecule has 0 fully saturated rings. The van der Waals surface area contributed by atoms with E-state index in [1.807, 2.05) is 20.8 Å². The van der Waals surface area contributed by atoms with E-state index in [4.69, 9.17) is 5.73 Å². The molecule has 1 atom stereocenters. The molecule has 0 aromatic heterocycles. The molecular formula is C10H22N4O. The highest BCUT2D eigenvalue weighted by Gasteiger charge is 2.04. The van der Waals surface area contributed by atoms with Crippen molar-refractivity contribution in [1.29, 1.82) is 0 Å². The molecule has 0 aromatic rings. The molecule has 0 aliphatic heterocycles. The molecule has 0 spiro atoms. The van der Waals surface area contributed by atoms with E-state index in [1.54, 1.807) is 0 Å². The van der Waals surface area contributed by atoms with Gasteiger partial charge in [0.2, 0.25) is 5.91 Å². The number of carbonyl (C=O) groups is 1. The molecule has 5 heteroatoms. The number of hydrogen-bond donors (Lipinski definition) is 3. The van der Waals surface area contributed by atoms with E-state index < -0.39 is 0 Å². The highest BCUT2D eigenvalue weighted by atomic mass is 16.1. The number of rotatable bonds is 6. The van der Waals surface area contributed by atoms with Gasteiger partial charge in [-0.25, -0.2) is 0 Å². The van der Waals surface area contributed by atoms with Crippen LogP contribution in [0.15, 0.2) is 4.99 Å². The minimum Gasteiger partial charge on any atom is -0.370 e. The first-order valence-corrected chi connectivity index (χ1v) is 5.43. The fourth-order valence-electron chi connectivity index (χ4n) is 0.964. The van der Waals surface area contributed by atoms with Crippen LogP contribution in [-0.2, 0) is 4.79 Å². The second-order valence-corrected chi connectivity index (χ2v) is 3.42. The molecule has 4 N–H and O–H groups in total. The summed E-state index contributed by atoms with van der Waals surface area (Å²) in [6.07, 6.45) is 1.32. The Balaban J connectivity index is 3.67. The molecule has 1 amide bonds. The summed E-state index contributed by atoms with van der Waals surface area (Å²) in [6, 6.07) is 0.229. The second kappa shape index (κ2) is 8.08. The zero-order valence-corrected chi connectivity index (χ0v) is 9.84. The summed E-state index contributed by atoms with van der Waals surface area (Å²) in [5.41, 5.74) is 5.51. The number of hydrogen-bond acceptors (Lipinski definition) is 2. The number of aliphatic imine (C=N–C) groups is 1. The molecule has 0 bridgehead atoms. The SMILES string of the molecule is CCNC(N)=NCCC(=O)NC(C)CC. The molecule has 0 saturated heterocycles. The summed E-state index contributed by atoms with van der Waals surface area (Å²) >= 11 is 0. The molecule has 0 aliphatic rings. The minimum absolute atomic E-state index is 0.0254. The normalized spacial score (nSPS) is 13.4. The van der Waals surface area contributed by atoms with E-state index in [2.05, 4.69) is 15.6 Å². The van der Waals surface area contributed by atoms with Gasteiger partial charge in [0.05, 0.1) is 6.54 Å². The van der Waals surface area contributed by atoms with Gasteiger partial charge in [-0.1, -0.05) is 6.92 Å². The number of nitrogens with one attached hydrogen (secondary N) is 2. The number of nitrogens with two attached hydrogens (primary N) is 1. The molecule has 0 rings (SSSR count). The highest BCUT2D eigenvalue weighted by Crippen LogP contribution is 1.90. The van der Waals surface area contributed by atoms with Crippen LogP contribution in [0, 0.1) is 0 Å². The fraction of sp³-hybridized carbons (Fsp3) is 0.800. The van der Waals surface area contributed by atoms with Crippen molar-refractivity contribution in [2.75, 3.05) is 13.1 Å². The highest BCUT2D eigenvalue weighted by molar-refractivity contribution is 5.79. The van der Waals surface area contributed by atoms with Gasteiger partial charge in [0.1, 0.15) is 0 Å². The van der Waals surface area contributed by atoms with Crippen molar-refractivity contribution < 1.29 is 4.79 Å². The monoisotopic (exact) mass is 214 g/mol. The third kappa shape index (κ3) is 7.78. The zero-order valence-electron chi connectivity index (χ0n) is 9.84. The van der Waals surface area contributed by atoms with Crippen LogP contribution in [-0.4, -0.2) is 31.0 Å². The van der Waals surface area contributed by atoms with Gasteiger partial charge in [0, 0.05) is 19.0 Å². The molecule has 0 saturated carbocycles. The van der Waals surface area contributed by atoms with Crippen molar-refractivity contribution in [1.82, 2.24) is 10.6 Å². The Morgan fingerprint density at radius 2 is 2.13 bits per heavy atom. The molecule has 15 heavy (non-hydrogen) atoms. The third-order valence-electron chi connectivity index (χ3n) is 2.00. The van der Waals surface area contributed by atoms with E-state index in [9.17, 15) is 4.79 Å². The maximum absolute atomic E-state index is 11.3. The molecule has 0 radical (unpaired) electrons. The quantitative estimate of drug-likeness (QED) is 0.437. The average Bonchev–Trinajstić information content (AvgIpc) is 2.18. The third-order valence-corrected chi connectivity index (χ3v) is 2.00. The van der Waals surface area contributed by atoms with Crippen molar-refractivity contribution in [3.63, 3.8) is 0 Å². The van der Waals surface area contributed by atoms with E-state index in [1.165, 1.54) is 0 Å². The van der Waals surface area contributed by atoms with Crippen LogP contribution in [0.25, 0.3) is 0 Å². The van der Waals surface area contributed by atoms with Crippen molar-refractivity contribution >= 4 is 11.9 Å². The van der Waals surface area contributed by atoms with Crippen LogP contribution < -0.4 is 16.4 Å². The van der Waals surface area contributed by atoms with Gasteiger partial charge < -0.3 is 16.4 Å². The molecular weight excluding hydrogens is 192 g/mol. The summed E-state index contributed by atoms with van der Waals surface area (Å²) < 4.78 is 0. The smallest absolute Gasteiger partial charge is 0.222 e. The number of nitrogens with zero attached hydrogens (tertiary/aromatic N) is 1. The Bertz CT molecular complexity index is 215. The summed E-state index contributed by atoms with van der Waals surface area (Å²) in [4.78, 5) is 15.3. The summed E-state index contributed by atoms with van der Waals surface area (Å²) in [6.45, 7) is 7.13. The van der Waals surface area contributed by atoms with Crippen molar-refractivity contribution in [3.8, 4) is 0 Å². The number of amides is 1. The Morgan fingerprint density at radius 1 is 1.47 bits per heavy atom. The van der Waals surface area contributed by atoms with Crippen LogP contribution in [0.3, 0.4) is 0 Å². The van der Waals surface area contributed by atoms with Crippen LogP contribution >= 0.6 is 0 Å². The Hall–Kier alpha value is -1.26. The molecule has 1 unspecified atom stereocenters. The van der Waals surface area contributed by atoms with E-state index in [-0.39, 0.29) is 11.9 Å². The number of guanidine groups is 1. The molecule has 5 nitrogen and oxygen atoms in total. The van der Waals surface area contributed by atoms with Crippen LogP contribution in [0.5, 0.6) is 0 Å². The predicted molar refractivity (Wildman–Crippen MR) is 62.7 cm³/mol. The fourth-order valence-corrected chi connectivity index (χ4v) is 0.964. The topological polar surface area (TPSA) is 79.5 Å². The van der Waals surface area contributed by atoms with Crippen LogP contribution in [0.2, 0.25) is 0 Å². The Kier molecular flexibility index (Phi) is 7.40. The first-order chi connectivity index (χ1) is 7.10. The molecule has 0 aliphatic carbocycles. The van der Waals surface area contributed by atoms with E-state index in [0.29, 0.717) is 18.9 Å². The summed E-state index contributed by atoms with van der Waals surface area (Å²) in [5.74, 6) is 0.422. The maximum Gasteiger partial charge on any atom is 0.222 e. The molecule has 0 aromatic carbocycles. The first kappa shape index (κ1) is 13.7. The van der Waals surface area contributed by atoms with Gasteiger partial charge >= 0.3 is 0 Å². The largest absolute Gasteiger partial charge is 0.370 e. The average molecular weight is 214 g/mol. The van der Waals surface area contributed by atoms with Gasteiger partial charge in [-0.3, -0.25) is 9.79 Å². The molecule has 88 valence electrons. The Labute approximate surface area is 91.5 Å². The van der Waals surface area contributed by atoms with Crippen molar-refractivity contribution in [3.05, 3.63) is 0 Å². The lowest BCUT2D eigenvalue weighted by molar-refractivity contribution is -0.121. The predicted octanol–water partition coefficient (Wildman–Crippen LogP) is 0.215. The number of carbonyl (C=O) groups excluding carboxylic acids is 1. The summed E-state index contributed by atoms with van der Waals surface area (Å²) in [5, 5.41) is 5.73. The lowest BCUT2D eigenvalue weighted by Crippen LogP contribution is -2.33. The standard InChI is InChI=1S/C10H22N4O/c1-4-8(3)14-9(15)6-7-13-10(11)12-5-2/h8H,4-7H2,1-3H3,(H,14,15)(H3,11,12,13). The van der Waals surface area contributed by atoms with E-state index in [0.717, 1.165) is 13.0 Å². The Morgan fingerprint density at radius 3 is 2.67 bits per heavy atom. The molecule has 0 heterocycles. The van der Waals surface area contributed by atoms with Gasteiger partial charge in [-0.2, -0.15) is 0 Å². The zero-order chi connectivity index (χ0) is 11.7. The summed E-state index contributed by atoms with van der Waals surface area (Å²) in [7, 11) is 0. The maximum atomic E-state index is 11.3. The first-order valence-electron chi connectivity index (χ1n) is 5.43. The van der Waals surface area contributed by atoms with Gasteiger partial charge in [-0.15, -0.1) is 0 Å². The second-order valence-electron chi connectivity index (χ2n) is 3.42. The lowest BCUT2D eigenvalue weighted by Gasteiger charge is -2.10. The minimum atomic E-state index is 0.0254. The van der Waals surface area contributed by atoms with Gasteiger partial charge in [-0.05, 0) is 20.3 Å². The lowest BCUT2D eigenvalue weighted by atomic mass is 10.2. The van der Waals surface area contributed by atoms with E-state index >= 15 is 0 Å². The van der Waals surface area contributed by atoms with Gasteiger partial charge in [0.25, 0.3) is 0 Å².